The fourth-order valence-corrected chi connectivity index (χ4v) is 2.66. The number of aliphatic hydroxyl groups is 1. The van der Waals surface area contributed by atoms with Crippen molar-refractivity contribution in [3.05, 3.63) is 11.7 Å². The van der Waals surface area contributed by atoms with E-state index >= 15 is 0 Å². The lowest BCUT2D eigenvalue weighted by atomic mass is 9.96. The van der Waals surface area contributed by atoms with Gasteiger partial charge in [0.15, 0.2) is 5.82 Å². The number of anilines is 2. The maximum absolute atomic E-state index is 14.3. The summed E-state index contributed by atoms with van der Waals surface area (Å²) in [6.07, 6.45) is -4.81. The highest BCUT2D eigenvalue weighted by atomic mass is 19.4. The second kappa shape index (κ2) is 8.81. The number of hydrogen-bond acceptors (Lipinski definition) is 6. The highest BCUT2D eigenvalue weighted by Crippen LogP contribution is 2.33. The minimum atomic E-state index is -4.47. The first-order valence-corrected chi connectivity index (χ1v) is 9.02. The van der Waals surface area contributed by atoms with E-state index in [1.54, 1.807) is 0 Å². The van der Waals surface area contributed by atoms with Crippen molar-refractivity contribution >= 4 is 17.5 Å². The van der Waals surface area contributed by atoms with Crippen LogP contribution in [0.25, 0.3) is 5.57 Å². The highest BCUT2D eigenvalue weighted by molar-refractivity contribution is 5.65. The fraction of sp³-hybridized carbons (Fsp3) is 0.706. The molecule has 3 N–H and O–H groups in total. The van der Waals surface area contributed by atoms with Crippen LogP contribution in [0.1, 0.15) is 52.3 Å². The molecule has 1 aromatic rings. The van der Waals surface area contributed by atoms with Gasteiger partial charge in [0, 0.05) is 12.1 Å². The first-order chi connectivity index (χ1) is 12.6. The largest absolute Gasteiger partial charge is 0.408 e. The number of nitrogens with one attached hydrogen (secondary N) is 2. The molecule has 0 fully saturated rings. The standard InChI is InChI=1S/C17H25F4N5O/c1-4-12(17(19,20)21)23-16-25-14(10-6-5-7-11(27)13(10)18)24-15(26-16)22-8-9(2)3/h9,11-12,27H,4-8H2,1-3H3,(H2,22,23,24,25,26)/t11?,12-/m1/s1. The molecule has 27 heavy (non-hydrogen) atoms. The number of allylic oxidation sites excluding steroid dienone is 1. The van der Waals surface area contributed by atoms with Gasteiger partial charge in [-0.25, -0.2) is 4.39 Å². The molecule has 10 heteroatoms. The minimum absolute atomic E-state index is 0.0629. The molecule has 0 amide bonds. The van der Waals surface area contributed by atoms with Gasteiger partial charge >= 0.3 is 6.18 Å². The van der Waals surface area contributed by atoms with E-state index in [0.29, 0.717) is 19.4 Å². The minimum Gasteiger partial charge on any atom is -0.386 e. The molecule has 0 saturated carbocycles. The number of nitrogens with zero attached hydrogens (tertiary/aromatic N) is 3. The van der Waals surface area contributed by atoms with Gasteiger partial charge in [0.25, 0.3) is 0 Å². The predicted octanol–water partition coefficient (Wildman–Crippen LogP) is 3.92. The molecule has 1 unspecified atom stereocenters. The summed E-state index contributed by atoms with van der Waals surface area (Å²) in [7, 11) is 0. The van der Waals surface area contributed by atoms with Crippen LogP contribution in [-0.2, 0) is 0 Å². The van der Waals surface area contributed by atoms with Crippen molar-refractivity contribution in [3.63, 3.8) is 0 Å². The summed E-state index contributed by atoms with van der Waals surface area (Å²) in [5, 5.41) is 14.9. The van der Waals surface area contributed by atoms with E-state index in [2.05, 4.69) is 25.6 Å². The van der Waals surface area contributed by atoms with Gasteiger partial charge in [-0.05, 0) is 31.6 Å². The SMILES string of the molecule is CC[C@@H](Nc1nc(NCC(C)C)nc(C2=C(F)C(O)CCC2)n1)C(F)(F)F. The molecule has 1 aromatic heterocycles. The Hall–Kier alpha value is -1.97. The van der Waals surface area contributed by atoms with Gasteiger partial charge in [0.05, 0.1) is 0 Å². The number of halogens is 4. The zero-order valence-electron chi connectivity index (χ0n) is 15.6. The Morgan fingerprint density at radius 1 is 1.19 bits per heavy atom. The predicted molar refractivity (Wildman–Crippen MR) is 94.8 cm³/mol. The molecular weight excluding hydrogens is 366 g/mol. The fourth-order valence-electron chi connectivity index (χ4n) is 2.66. The summed E-state index contributed by atoms with van der Waals surface area (Å²) >= 11 is 0. The molecule has 0 bridgehead atoms. The van der Waals surface area contributed by atoms with Crippen molar-refractivity contribution in [2.75, 3.05) is 17.2 Å². The first-order valence-electron chi connectivity index (χ1n) is 9.02. The van der Waals surface area contributed by atoms with E-state index in [0.717, 1.165) is 0 Å². The van der Waals surface area contributed by atoms with Crippen molar-refractivity contribution < 1.29 is 22.7 Å². The average Bonchev–Trinajstić information content (AvgIpc) is 2.59. The Morgan fingerprint density at radius 3 is 2.44 bits per heavy atom. The van der Waals surface area contributed by atoms with E-state index in [1.165, 1.54) is 6.92 Å². The summed E-state index contributed by atoms with van der Waals surface area (Å²) in [5.74, 6) is -0.778. The zero-order chi connectivity index (χ0) is 20.2. The number of hydrogen-bond donors (Lipinski definition) is 3. The molecule has 152 valence electrons. The van der Waals surface area contributed by atoms with Gasteiger partial charge in [0.1, 0.15) is 18.0 Å². The van der Waals surface area contributed by atoms with E-state index in [1.807, 2.05) is 13.8 Å². The molecule has 1 aliphatic rings. The lowest BCUT2D eigenvalue weighted by Gasteiger charge is -2.22. The van der Waals surface area contributed by atoms with Gasteiger partial charge in [0.2, 0.25) is 11.9 Å². The molecular formula is C17H25F4N5O. The third kappa shape index (κ3) is 5.75. The lowest BCUT2D eigenvalue weighted by molar-refractivity contribution is -0.143. The van der Waals surface area contributed by atoms with Crippen molar-refractivity contribution in [1.82, 2.24) is 15.0 Å². The molecule has 1 heterocycles. The second-order valence-electron chi connectivity index (χ2n) is 6.96. The van der Waals surface area contributed by atoms with Crippen LogP contribution in [-0.4, -0.2) is 44.9 Å². The Kier molecular flexibility index (Phi) is 6.96. The summed E-state index contributed by atoms with van der Waals surface area (Å²) < 4.78 is 53.6. The molecule has 0 aliphatic heterocycles. The van der Waals surface area contributed by atoms with E-state index in [9.17, 15) is 22.7 Å². The Bertz CT molecular complexity index is 678. The van der Waals surface area contributed by atoms with Gasteiger partial charge in [-0.2, -0.15) is 28.1 Å². The van der Waals surface area contributed by atoms with Crippen molar-refractivity contribution in [2.45, 2.75) is 64.8 Å². The summed E-state index contributed by atoms with van der Waals surface area (Å²) in [4.78, 5) is 12.1. The highest BCUT2D eigenvalue weighted by Gasteiger charge is 2.39. The maximum atomic E-state index is 14.3. The molecule has 0 saturated heterocycles. The molecule has 1 aliphatic carbocycles. The lowest BCUT2D eigenvalue weighted by Crippen LogP contribution is -2.36. The molecule has 0 radical (unpaired) electrons. The van der Waals surface area contributed by atoms with Crippen LogP contribution in [0.5, 0.6) is 0 Å². The topological polar surface area (TPSA) is 83.0 Å². The van der Waals surface area contributed by atoms with E-state index in [4.69, 9.17) is 0 Å². The molecule has 2 rings (SSSR count). The van der Waals surface area contributed by atoms with Crippen LogP contribution < -0.4 is 10.6 Å². The van der Waals surface area contributed by atoms with Crippen LogP contribution in [0.4, 0.5) is 29.5 Å². The van der Waals surface area contributed by atoms with Gasteiger partial charge in [-0.3, -0.25) is 0 Å². The normalized spacial score (nSPS) is 19.4. The van der Waals surface area contributed by atoms with E-state index < -0.39 is 24.1 Å². The van der Waals surface area contributed by atoms with Crippen LogP contribution in [0.3, 0.4) is 0 Å². The number of alkyl halides is 3. The van der Waals surface area contributed by atoms with Gasteiger partial charge in [-0.1, -0.05) is 20.8 Å². The van der Waals surface area contributed by atoms with Crippen molar-refractivity contribution in [3.8, 4) is 0 Å². The maximum Gasteiger partial charge on any atom is 0.408 e. The van der Waals surface area contributed by atoms with Crippen LogP contribution in [0.15, 0.2) is 5.83 Å². The molecule has 0 spiro atoms. The smallest absolute Gasteiger partial charge is 0.386 e. The zero-order valence-corrected chi connectivity index (χ0v) is 15.6. The Labute approximate surface area is 155 Å². The average molecular weight is 391 g/mol. The Morgan fingerprint density at radius 2 is 1.85 bits per heavy atom. The third-order valence-electron chi connectivity index (χ3n) is 4.17. The van der Waals surface area contributed by atoms with E-state index in [-0.39, 0.29) is 42.1 Å². The van der Waals surface area contributed by atoms with Crippen LogP contribution >= 0.6 is 0 Å². The van der Waals surface area contributed by atoms with Gasteiger partial charge in [-0.15, -0.1) is 0 Å². The summed E-state index contributed by atoms with van der Waals surface area (Å²) in [6.45, 7) is 5.78. The first kappa shape index (κ1) is 21.3. The van der Waals surface area contributed by atoms with Crippen LogP contribution in [0.2, 0.25) is 0 Å². The quantitative estimate of drug-likeness (QED) is 0.611. The molecule has 2 atom stereocenters. The summed E-state index contributed by atoms with van der Waals surface area (Å²) in [5.41, 5.74) is 0.104. The monoisotopic (exact) mass is 391 g/mol. The number of rotatable bonds is 7. The number of aliphatic hydroxyl groups excluding tert-OH is 1. The van der Waals surface area contributed by atoms with Crippen molar-refractivity contribution in [2.24, 2.45) is 5.92 Å². The van der Waals surface area contributed by atoms with Crippen molar-refractivity contribution in [1.29, 1.82) is 0 Å². The van der Waals surface area contributed by atoms with Crippen LogP contribution in [0, 0.1) is 5.92 Å². The Balaban J connectivity index is 2.41. The summed E-state index contributed by atoms with van der Waals surface area (Å²) in [6, 6.07) is -1.83. The molecule has 6 nitrogen and oxygen atoms in total. The third-order valence-corrected chi connectivity index (χ3v) is 4.17. The number of aromatic nitrogens is 3. The molecule has 0 aromatic carbocycles. The second-order valence-corrected chi connectivity index (χ2v) is 6.96. The van der Waals surface area contributed by atoms with Gasteiger partial charge < -0.3 is 15.7 Å².